The molecule has 0 aliphatic heterocycles. The Kier molecular flexibility index (Phi) is 5.54. The van der Waals surface area contributed by atoms with Gasteiger partial charge in [-0.05, 0) is 48.1 Å². The van der Waals surface area contributed by atoms with Crippen LogP contribution in [0.2, 0.25) is 0 Å². The second kappa shape index (κ2) is 7.60. The highest BCUT2D eigenvalue weighted by Crippen LogP contribution is 2.17. The molecule has 0 fully saturated rings. The molecule has 2 nitrogen and oxygen atoms in total. The van der Waals surface area contributed by atoms with Gasteiger partial charge in [0.2, 0.25) is 5.91 Å². The van der Waals surface area contributed by atoms with Crippen molar-refractivity contribution in [2.24, 2.45) is 0 Å². The fraction of sp³-hybridized carbons (Fsp3) is 0.250. The van der Waals surface area contributed by atoms with Crippen LogP contribution in [0.15, 0.2) is 42.5 Å². The number of benzene rings is 2. The molecular weight excluding hydrogens is 270 g/mol. The van der Waals surface area contributed by atoms with Crippen LogP contribution in [0.5, 0.6) is 0 Å². The highest BCUT2D eigenvalue weighted by atomic mass is 16.1. The largest absolute Gasteiger partial charge is 0.359 e. The molecule has 22 heavy (non-hydrogen) atoms. The van der Waals surface area contributed by atoms with Gasteiger partial charge >= 0.3 is 0 Å². The number of hydrogen-bond acceptors (Lipinski definition) is 1. The van der Waals surface area contributed by atoms with Crippen molar-refractivity contribution in [1.82, 2.24) is 5.32 Å². The Morgan fingerprint density at radius 3 is 2.41 bits per heavy atom. The Morgan fingerprint density at radius 1 is 1.05 bits per heavy atom. The molecule has 2 heteroatoms. The first kappa shape index (κ1) is 16.0. The number of carbonyl (C=O) groups is 1. The molecular formula is C20H23NO. The van der Waals surface area contributed by atoms with Crippen molar-refractivity contribution in [2.75, 3.05) is 7.05 Å². The first-order chi connectivity index (χ1) is 10.6. The van der Waals surface area contributed by atoms with E-state index < -0.39 is 0 Å². The van der Waals surface area contributed by atoms with E-state index in [4.69, 9.17) is 0 Å². The van der Waals surface area contributed by atoms with Crippen LogP contribution in [0.1, 0.15) is 34.2 Å². The summed E-state index contributed by atoms with van der Waals surface area (Å²) in [5.41, 5.74) is 6.20. The van der Waals surface area contributed by atoms with Gasteiger partial charge in [0.25, 0.3) is 0 Å². The van der Waals surface area contributed by atoms with Crippen LogP contribution >= 0.6 is 0 Å². The molecule has 0 bridgehead atoms. The fourth-order valence-corrected chi connectivity index (χ4v) is 2.50. The van der Waals surface area contributed by atoms with Crippen LogP contribution < -0.4 is 5.32 Å². The fourth-order valence-electron chi connectivity index (χ4n) is 2.50. The molecule has 2 aromatic rings. The van der Waals surface area contributed by atoms with Gasteiger partial charge in [-0.15, -0.1) is 0 Å². The van der Waals surface area contributed by atoms with Gasteiger partial charge in [-0.25, -0.2) is 0 Å². The minimum absolute atomic E-state index is 0.0801. The van der Waals surface area contributed by atoms with Gasteiger partial charge in [-0.1, -0.05) is 54.6 Å². The van der Waals surface area contributed by atoms with E-state index in [1.54, 1.807) is 7.05 Å². The van der Waals surface area contributed by atoms with Crippen molar-refractivity contribution >= 4 is 18.1 Å². The second-order valence-corrected chi connectivity index (χ2v) is 5.56. The molecule has 0 saturated heterocycles. The molecule has 0 radical (unpaired) electrons. The minimum Gasteiger partial charge on any atom is -0.359 e. The van der Waals surface area contributed by atoms with Gasteiger partial charge in [0.15, 0.2) is 0 Å². The molecule has 0 aliphatic carbocycles. The van der Waals surface area contributed by atoms with Crippen LogP contribution in [0.25, 0.3) is 12.2 Å². The van der Waals surface area contributed by atoms with E-state index in [1.807, 2.05) is 6.07 Å². The molecule has 1 N–H and O–H groups in total. The molecule has 2 rings (SSSR count). The molecule has 0 saturated carbocycles. The average Bonchev–Trinajstić information content (AvgIpc) is 2.52. The lowest BCUT2D eigenvalue weighted by Gasteiger charge is -2.05. The van der Waals surface area contributed by atoms with Crippen molar-refractivity contribution < 1.29 is 4.79 Å². The third kappa shape index (κ3) is 4.32. The van der Waals surface area contributed by atoms with E-state index in [0.29, 0.717) is 6.42 Å². The molecule has 0 spiro atoms. The quantitative estimate of drug-likeness (QED) is 0.824. The zero-order chi connectivity index (χ0) is 15.9. The van der Waals surface area contributed by atoms with Gasteiger partial charge in [-0.2, -0.15) is 0 Å². The zero-order valence-corrected chi connectivity index (χ0v) is 13.5. The summed E-state index contributed by atoms with van der Waals surface area (Å²) in [4.78, 5) is 11.3. The standard InChI is InChI=1S/C20H23NO/c1-15-6-4-7-16(2)19(15)12-10-17-8-5-9-18(14-17)11-13-20(22)21-3/h4-10,12,14H,11,13H2,1-3H3,(H,21,22)/b12-10+. The van der Waals surface area contributed by atoms with E-state index in [-0.39, 0.29) is 5.91 Å². The first-order valence-corrected chi connectivity index (χ1v) is 7.64. The topological polar surface area (TPSA) is 29.1 Å². The highest BCUT2D eigenvalue weighted by molar-refractivity contribution is 5.76. The number of carbonyl (C=O) groups excluding carboxylic acids is 1. The predicted octanol–water partition coefficient (Wildman–Crippen LogP) is 4.15. The second-order valence-electron chi connectivity index (χ2n) is 5.56. The lowest BCUT2D eigenvalue weighted by atomic mass is 10.0. The van der Waals surface area contributed by atoms with Crippen LogP contribution in [0, 0.1) is 13.8 Å². The number of rotatable bonds is 5. The zero-order valence-electron chi connectivity index (χ0n) is 13.5. The van der Waals surface area contributed by atoms with Gasteiger partial charge in [0.1, 0.15) is 0 Å². The Balaban J connectivity index is 2.13. The van der Waals surface area contributed by atoms with Crippen LogP contribution in [0.3, 0.4) is 0 Å². The maximum absolute atomic E-state index is 11.3. The first-order valence-electron chi connectivity index (χ1n) is 7.64. The monoisotopic (exact) mass is 293 g/mol. The van der Waals surface area contributed by atoms with Crippen LogP contribution in [-0.2, 0) is 11.2 Å². The van der Waals surface area contributed by atoms with Gasteiger partial charge in [-0.3, -0.25) is 4.79 Å². The Bertz CT molecular complexity index is 666. The van der Waals surface area contributed by atoms with E-state index in [9.17, 15) is 4.79 Å². The van der Waals surface area contributed by atoms with Crippen molar-refractivity contribution in [3.63, 3.8) is 0 Å². The van der Waals surface area contributed by atoms with Crippen LogP contribution in [0.4, 0.5) is 0 Å². The van der Waals surface area contributed by atoms with Gasteiger partial charge < -0.3 is 5.32 Å². The summed E-state index contributed by atoms with van der Waals surface area (Å²) in [5.74, 6) is 0.0801. The summed E-state index contributed by atoms with van der Waals surface area (Å²) in [6.07, 6.45) is 5.60. The average molecular weight is 293 g/mol. The molecule has 0 aromatic heterocycles. The minimum atomic E-state index is 0.0801. The summed E-state index contributed by atoms with van der Waals surface area (Å²) in [5, 5.41) is 2.66. The molecule has 0 aliphatic rings. The van der Waals surface area contributed by atoms with E-state index in [0.717, 1.165) is 12.0 Å². The van der Waals surface area contributed by atoms with Crippen LogP contribution in [-0.4, -0.2) is 13.0 Å². The van der Waals surface area contributed by atoms with E-state index in [1.165, 1.54) is 22.3 Å². The number of amides is 1. The summed E-state index contributed by atoms with van der Waals surface area (Å²) in [6.45, 7) is 4.26. The maximum Gasteiger partial charge on any atom is 0.220 e. The number of hydrogen-bond donors (Lipinski definition) is 1. The van der Waals surface area contributed by atoms with E-state index >= 15 is 0 Å². The van der Waals surface area contributed by atoms with Crippen molar-refractivity contribution in [3.8, 4) is 0 Å². The summed E-state index contributed by atoms with van der Waals surface area (Å²) in [6, 6.07) is 14.7. The Morgan fingerprint density at radius 2 is 1.73 bits per heavy atom. The highest BCUT2D eigenvalue weighted by Gasteiger charge is 2.01. The third-order valence-corrected chi connectivity index (χ3v) is 3.86. The third-order valence-electron chi connectivity index (χ3n) is 3.86. The summed E-state index contributed by atoms with van der Waals surface area (Å²) in [7, 11) is 1.67. The van der Waals surface area contributed by atoms with Gasteiger partial charge in [0.05, 0.1) is 0 Å². The van der Waals surface area contributed by atoms with Crippen molar-refractivity contribution in [3.05, 3.63) is 70.3 Å². The summed E-state index contributed by atoms with van der Waals surface area (Å²) >= 11 is 0. The number of nitrogens with one attached hydrogen (secondary N) is 1. The Labute approximate surface area is 132 Å². The molecule has 114 valence electrons. The lowest BCUT2D eigenvalue weighted by Crippen LogP contribution is -2.17. The smallest absolute Gasteiger partial charge is 0.220 e. The molecule has 1 amide bonds. The Hall–Kier alpha value is -2.35. The van der Waals surface area contributed by atoms with Gasteiger partial charge in [0, 0.05) is 13.5 Å². The maximum atomic E-state index is 11.3. The molecule has 2 aromatic carbocycles. The molecule has 0 heterocycles. The summed E-state index contributed by atoms with van der Waals surface area (Å²) < 4.78 is 0. The van der Waals surface area contributed by atoms with Crippen molar-refractivity contribution in [2.45, 2.75) is 26.7 Å². The van der Waals surface area contributed by atoms with Crippen molar-refractivity contribution in [1.29, 1.82) is 0 Å². The molecule has 0 atom stereocenters. The van der Waals surface area contributed by atoms with E-state index in [2.05, 4.69) is 67.7 Å². The number of aryl methyl sites for hydroxylation is 3. The predicted molar refractivity (Wildman–Crippen MR) is 93.7 cm³/mol. The lowest BCUT2D eigenvalue weighted by molar-refractivity contribution is -0.120. The SMILES string of the molecule is CNC(=O)CCc1cccc(/C=C/c2c(C)cccc2C)c1. The normalized spacial score (nSPS) is 10.9. The molecule has 0 unspecified atom stereocenters.